The normalized spacial score (nSPS) is 10.5. The lowest BCUT2D eigenvalue weighted by Crippen LogP contribution is -2.33. The minimum Gasteiger partial charge on any atom is -0.494 e. The van der Waals surface area contributed by atoms with Crippen LogP contribution in [0.4, 0.5) is 5.69 Å². The van der Waals surface area contributed by atoms with E-state index in [4.69, 9.17) is 10.00 Å². The molecule has 7 nitrogen and oxygen atoms in total. The lowest BCUT2D eigenvalue weighted by atomic mass is 10.1. The van der Waals surface area contributed by atoms with Crippen LogP contribution in [0.3, 0.4) is 0 Å². The zero-order valence-corrected chi connectivity index (χ0v) is 18.7. The van der Waals surface area contributed by atoms with Crippen molar-refractivity contribution >= 4 is 23.4 Å². The molecule has 1 amide bonds. The molecule has 3 rings (SSSR count). The number of rotatable bonds is 9. The van der Waals surface area contributed by atoms with Gasteiger partial charge in [-0.2, -0.15) is 5.26 Å². The van der Waals surface area contributed by atoms with E-state index < -0.39 is 0 Å². The fourth-order valence-electron chi connectivity index (χ4n) is 3.05. The number of aryl methyl sites for hydroxylation is 1. The first-order chi connectivity index (χ1) is 15.0. The minimum atomic E-state index is -0.0932. The topological polar surface area (TPSA) is 84.0 Å². The molecule has 3 aromatic rings. The Hall–Kier alpha value is -3.31. The number of aromatic nitrogens is 3. The average molecular weight is 436 g/mol. The first kappa shape index (κ1) is 22.4. The molecule has 0 aliphatic carbocycles. The molecule has 0 fully saturated rings. The van der Waals surface area contributed by atoms with Crippen molar-refractivity contribution in [2.75, 3.05) is 23.8 Å². The molecular weight excluding hydrogens is 410 g/mol. The summed E-state index contributed by atoms with van der Waals surface area (Å²) in [6.07, 6.45) is 0.255. The largest absolute Gasteiger partial charge is 0.494 e. The molecule has 0 saturated heterocycles. The molecular formula is C23H25N5O2S. The Labute approximate surface area is 186 Å². The number of hydrogen-bond acceptors (Lipinski definition) is 6. The standard InChI is InChI=1S/C23H25N5O2S/c1-4-30-20-12-10-19(11-13-20)28(15-5-14-24)21(29)16-31-23-26-25-22(27(23)3)18-8-6-17(2)7-9-18/h6-13H,4-5,15-16H2,1-3H3. The number of anilines is 1. The summed E-state index contributed by atoms with van der Waals surface area (Å²) in [5.74, 6) is 1.60. The van der Waals surface area contributed by atoms with Crippen molar-refractivity contribution in [3.05, 3.63) is 54.1 Å². The number of carbonyl (C=O) groups is 1. The predicted octanol–water partition coefficient (Wildman–Crippen LogP) is 4.23. The monoisotopic (exact) mass is 435 g/mol. The van der Waals surface area contributed by atoms with E-state index in [-0.39, 0.29) is 18.1 Å². The summed E-state index contributed by atoms with van der Waals surface area (Å²) < 4.78 is 7.36. The highest BCUT2D eigenvalue weighted by Crippen LogP contribution is 2.25. The number of benzene rings is 2. The van der Waals surface area contributed by atoms with Gasteiger partial charge in [0.25, 0.3) is 0 Å². The van der Waals surface area contributed by atoms with Crippen molar-refractivity contribution < 1.29 is 9.53 Å². The van der Waals surface area contributed by atoms with Gasteiger partial charge in [-0.25, -0.2) is 0 Å². The van der Waals surface area contributed by atoms with Gasteiger partial charge in [0.1, 0.15) is 5.75 Å². The van der Waals surface area contributed by atoms with Gasteiger partial charge in [-0.05, 0) is 38.1 Å². The Bertz CT molecular complexity index is 1060. The summed E-state index contributed by atoms with van der Waals surface area (Å²) in [6.45, 7) is 4.87. The van der Waals surface area contributed by atoms with E-state index in [1.54, 1.807) is 4.90 Å². The molecule has 160 valence electrons. The molecule has 8 heteroatoms. The van der Waals surface area contributed by atoms with Crippen molar-refractivity contribution in [1.29, 1.82) is 5.26 Å². The molecule has 1 heterocycles. The fourth-order valence-corrected chi connectivity index (χ4v) is 3.83. The van der Waals surface area contributed by atoms with Gasteiger partial charge in [-0.15, -0.1) is 10.2 Å². The maximum Gasteiger partial charge on any atom is 0.237 e. The Morgan fingerprint density at radius 1 is 1.16 bits per heavy atom. The first-order valence-electron chi connectivity index (χ1n) is 10.0. The zero-order chi connectivity index (χ0) is 22.2. The van der Waals surface area contributed by atoms with Gasteiger partial charge in [0.2, 0.25) is 5.91 Å². The second-order valence-electron chi connectivity index (χ2n) is 6.90. The van der Waals surface area contributed by atoms with E-state index in [1.165, 1.54) is 17.3 Å². The van der Waals surface area contributed by atoms with E-state index >= 15 is 0 Å². The van der Waals surface area contributed by atoms with Gasteiger partial charge in [0, 0.05) is 24.8 Å². The number of thioether (sulfide) groups is 1. The van der Waals surface area contributed by atoms with Crippen LogP contribution in [-0.4, -0.2) is 39.6 Å². The lowest BCUT2D eigenvalue weighted by molar-refractivity contribution is -0.116. The third-order valence-electron chi connectivity index (χ3n) is 4.68. The summed E-state index contributed by atoms with van der Waals surface area (Å²) in [5.41, 5.74) is 2.89. The molecule has 0 N–H and O–H groups in total. The smallest absolute Gasteiger partial charge is 0.237 e. The van der Waals surface area contributed by atoms with Crippen molar-refractivity contribution in [3.63, 3.8) is 0 Å². The second-order valence-corrected chi connectivity index (χ2v) is 7.84. The van der Waals surface area contributed by atoms with Crippen LogP contribution in [-0.2, 0) is 11.8 Å². The van der Waals surface area contributed by atoms with Gasteiger partial charge in [0.05, 0.1) is 24.8 Å². The van der Waals surface area contributed by atoms with Crippen LogP contribution in [0.1, 0.15) is 18.9 Å². The minimum absolute atomic E-state index is 0.0932. The summed E-state index contributed by atoms with van der Waals surface area (Å²) in [5, 5.41) is 18.2. The van der Waals surface area contributed by atoms with Gasteiger partial charge in [-0.1, -0.05) is 41.6 Å². The molecule has 1 aromatic heterocycles. The Morgan fingerprint density at radius 3 is 2.52 bits per heavy atom. The van der Waals surface area contributed by atoms with Crippen LogP contribution in [0.5, 0.6) is 5.75 Å². The van der Waals surface area contributed by atoms with Crippen LogP contribution < -0.4 is 9.64 Å². The molecule has 31 heavy (non-hydrogen) atoms. The summed E-state index contributed by atoms with van der Waals surface area (Å²) >= 11 is 1.33. The number of amides is 1. The van der Waals surface area contributed by atoms with Crippen LogP contribution in [0.2, 0.25) is 0 Å². The SMILES string of the molecule is CCOc1ccc(N(CCC#N)C(=O)CSc2nnc(-c3ccc(C)cc3)n2C)cc1. The number of carbonyl (C=O) groups excluding carboxylic acids is 1. The Balaban J connectivity index is 1.71. The maximum absolute atomic E-state index is 13.0. The molecule has 2 aromatic carbocycles. The molecule has 0 aliphatic heterocycles. The third kappa shape index (κ3) is 5.64. The maximum atomic E-state index is 13.0. The van der Waals surface area contributed by atoms with E-state index in [1.807, 2.05) is 74.0 Å². The van der Waals surface area contributed by atoms with Gasteiger partial charge in [0.15, 0.2) is 11.0 Å². The van der Waals surface area contributed by atoms with Crippen molar-refractivity contribution in [3.8, 4) is 23.2 Å². The van der Waals surface area contributed by atoms with Gasteiger partial charge in [-0.3, -0.25) is 4.79 Å². The highest BCUT2D eigenvalue weighted by Gasteiger charge is 2.18. The summed E-state index contributed by atoms with van der Waals surface area (Å²) in [6, 6.07) is 17.5. The molecule has 0 saturated carbocycles. The quantitative estimate of drug-likeness (QED) is 0.468. The third-order valence-corrected chi connectivity index (χ3v) is 5.68. The molecule has 0 atom stereocenters. The zero-order valence-electron chi connectivity index (χ0n) is 17.9. The van der Waals surface area contributed by atoms with Gasteiger partial charge < -0.3 is 14.2 Å². The molecule has 0 aliphatic rings. The van der Waals surface area contributed by atoms with Crippen LogP contribution >= 0.6 is 11.8 Å². The van der Waals surface area contributed by atoms with Crippen molar-refractivity contribution in [2.24, 2.45) is 7.05 Å². The summed E-state index contributed by atoms with van der Waals surface area (Å²) in [4.78, 5) is 14.6. The molecule has 0 unspecified atom stereocenters. The number of ether oxygens (including phenoxy) is 1. The van der Waals surface area contributed by atoms with E-state index in [2.05, 4.69) is 16.3 Å². The van der Waals surface area contributed by atoms with Crippen LogP contribution in [0, 0.1) is 18.3 Å². The van der Waals surface area contributed by atoms with Crippen molar-refractivity contribution in [1.82, 2.24) is 14.8 Å². The van der Waals surface area contributed by atoms with E-state index in [0.717, 1.165) is 22.8 Å². The number of nitrogens with zero attached hydrogens (tertiary/aromatic N) is 5. The first-order valence-corrected chi connectivity index (χ1v) is 11.0. The number of hydrogen-bond donors (Lipinski definition) is 0. The fraction of sp³-hybridized carbons (Fsp3) is 0.304. The average Bonchev–Trinajstić information content (AvgIpc) is 3.14. The predicted molar refractivity (Wildman–Crippen MR) is 122 cm³/mol. The molecule has 0 spiro atoms. The van der Waals surface area contributed by atoms with Gasteiger partial charge >= 0.3 is 0 Å². The van der Waals surface area contributed by atoms with Crippen molar-refractivity contribution in [2.45, 2.75) is 25.4 Å². The highest BCUT2D eigenvalue weighted by atomic mass is 32.2. The molecule has 0 bridgehead atoms. The van der Waals surface area contributed by atoms with Crippen LogP contribution in [0.15, 0.2) is 53.7 Å². The number of nitriles is 1. The second kappa shape index (κ2) is 10.6. The highest BCUT2D eigenvalue weighted by molar-refractivity contribution is 7.99. The molecule has 0 radical (unpaired) electrons. The summed E-state index contributed by atoms with van der Waals surface area (Å²) in [7, 11) is 1.89. The van der Waals surface area contributed by atoms with E-state index in [9.17, 15) is 4.79 Å². The Morgan fingerprint density at radius 2 is 1.87 bits per heavy atom. The lowest BCUT2D eigenvalue weighted by Gasteiger charge is -2.22. The Kier molecular flexibility index (Phi) is 7.68. The van der Waals surface area contributed by atoms with Crippen LogP contribution in [0.25, 0.3) is 11.4 Å². The van der Waals surface area contributed by atoms with E-state index in [0.29, 0.717) is 18.3 Å².